The molecule has 1 aromatic carbocycles. The Balaban J connectivity index is 2.03. The van der Waals surface area contributed by atoms with Crippen LogP contribution in [0.25, 0.3) is 0 Å². The van der Waals surface area contributed by atoms with Crippen LogP contribution in [0.4, 0.5) is 10.1 Å². The maximum Gasteiger partial charge on any atom is 0.303 e. The van der Waals surface area contributed by atoms with Crippen LogP contribution in [0.15, 0.2) is 12.1 Å². The fourth-order valence-electron chi connectivity index (χ4n) is 2.73. The van der Waals surface area contributed by atoms with E-state index < -0.39 is 5.97 Å². The Morgan fingerprint density at radius 2 is 2.21 bits per heavy atom. The van der Waals surface area contributed by atoms with Gasteiger partial charge in [0, 0.05) is 19.5 Å². The summed E-state index contributed by atoms with van der Waals surface area (Å²) in [5, 5.41) is 8.61. The van der Waals surface area contributed by atoms with Gasteiger partial charge in [0.1, 0.15) is 5.82 Å². The van der Waals surface area contributed by atoms with E-state index in [0.29, 0.717) is 6.42 Å². The summed E-state index contributed by atoms with van der Waals surface area (Å²) in [6, 6.07) is 3.64. The smallest absolute Gasteiger partial charge is 0.303 e. The summed E-state index contributed by atoms with van der Waals surface area (Å²) in [7, 11) is 0. The van der Waals surface area contributed by atoms with E-state index in [1.165, 1.54) is 0 Å². The van der Waals surface area contributed by atoms with Crippen LogP contribution in [0.3, 0.4) is 0 Å². The van der Waals surface area contributed by atoms with Crippen molar-refractivity contribution in [2.45, 2.75) is 39.0 Å². The van der Waals surface area contributed by atoms with Crippen LogP contribution in [0.1, 0.15) is 36.8 Å². The maximum absolute atomic E-state index is 14.1. The molecule has 4 heteroatoms. The quantitative estimate of drug-likeness (QED) is 0.831. The molecule has 0 radical (unpaired) electrons. The Bertz CT molecular complexity index is 473. The molecule has 1 aromatic rings. The standard InChI is InChI=1S/C15H20FNO2/c1-11-9-12-5-4-8-17(15(12)13(16)10-11)7-3-2-6-14(18)19/h9-10H,2-8H2,1H3,(H,18,19). The second kappa shape index (κ2) is 6.04. The van der Waals surface area contributed by atoms with Crippen molar-refractivity contribution >= 4 is 11.7 Å². The van der Waals surface area contributed by atoms with Crippen LogP contribution in [0.5, 0.6) is 0 Å². The lowest BCUT2D eigenvalue weighted by atomic mass is 9.98. The number of rotatable bonds is 5. The van der Waals surface area contributed by atoms with Crippen molar-refractivity contribution in [2.24, 2.45) is 0 Å². The van der Waals surface area contributed by atoms with Crippen molar-refractivity contribution in [1.82, 2.24) is 0 Å². The number of anilines is 1. The minimum Gasteiger partial charge on any atom is -0.481 e. The van der Waals surface area contributed by atoms with E-state index in [1.54, 1.807) is 6.07 Å². The predicted octanol–water partition coefficient (Wildman–Crippen LogP) is 3.14. The molecular weight excluding hydrogens is 245 g/mol. The first-order valence-corrected chi connectivity index (χ1v) is 6.83. The number of carboxylic acid groups (broad SMARTS) is 1. The van der Waals surface area contributed by atoms with Crippen LogP contribution in [-0.4, -0.2) is 24.2 Å². The number of carboxylic acids is 1. The average Bonchev–Trinajstić information content (AvgIpc) is 2.33. The first-order valence-electron chi connectivity index (χ1n) is 6.83. The molecule has 0 aliphatic carbocycles. The second-order valence-electron chi connectivity index (χ2n) is 5.20. The van der Waals surface area contributed by atoms with Crippen LogP contribution >= 0.6 is 0 Å². The Hall–Kier alpha value is -1.58. The van der Waals surface area contributed by atoms with Gasteiger partial charge in [-0.05, 0) is 49.8 Å². The molecule has 1 aliphatic heterocycles. The average molecular weight is 265 g/mol. The lowest BCUT2D eigenvalue weighted by molar-refractivity contribution is -0.137. The van der Waals surface area contributed by atoms with Gasteiger partial charge in [0.2, 0.25) is 0 Å². The topological polar surface area (TPSA) is 40.5 Å². The lowest BCUT2D eigenvalue weighted by Gasteiger charge is -2.32. The third-order valence-electron chi connectivity index (χ3n) is 3.55. The van der Waals surface area contributed by atoms with E-state index >= 15 is 0 Å². The third kappa shape index (κ3) is 3.46. The minimum absolute atomic E-state index is 0.145. The van der Waals surface area contributed by atoms with E-state index in [-0.39, 0.29) is 12.2 Å². The zero-order chi connectivity index (χ0) is 13.8. The highest BCUT2D eigenvalue weighted by Crippen LogP contribution is 2.31. The molecule has 0 aromatic heterocycles. The molecule has 0 fully saturated rings. The number of aliphatic carboxylic acids is 1. The number of hydrogen-bond donors (Lipinski definition) is 1. The van der Waals surface area contributed by atoms with E-state index in [4.69, 9.17) is 5.11 Å². The van der Waals surface area contributed by atoms with Gasteiger partial charge in [0.15, 0.2) is 0 Å². The molecule has 0 saturated heterocycles. The highest BCUT2D eigenvalue weighted by atomic mass is 19.1. The fourth-order valence-corrected chi connectivity index (χ4v) is 2.73. The Labute approximate surface area is 113 Å². The molecule has 104 valence electrons. The number of benzene rings is 1. The monoisotopic (exact) mass is 265 g/mol. The summed E-state index contributed by atoms with van der Waals surface area (Å²) in [6.45, 7) is 3.51. The lowest BCUT2D eigenvalue weighted by Crippen LogP contribution is -2.31. The second-order valence-corrected chi connectivity index (χ2v) is 5.20. The number of unbranched alkanes of at least 4 members (excludes halogenated alkanes) is 1. The zero-order valence-electron chi connectivity index (χ0n) is 11.3. The normalized spacial score (nSPS) is 14.3. The van der Waals surface area contributed by atoms with Crippen LogP contribution in [0, 0.1) is 12.7 Å². The molecule has 0 bridgehead atoms. The van der Waals surface area contributed by atoms with Crippen molar-refractivity contribution in [1.29, 1.82) is 0 Å². The molecule has 0 spiro atoms. The molecule has 1 heterocycles. The van der Waals surface area contributed by atoms with Gasteiger partial charge in [-0.15, -0.1) is 0 Å². The molecule has 3 nitrogen and oxygen atoms in total. The van der Waals surface area contributed by atoms with E-state index in [0.717, 1.165) is 49.2 Å². The number of carbonyl (C=O) groups is 1. The van der Waals surface area contributed by atoms with Gasteiger partial charge in [-0.3, -0.25) is 4.79 Å². The molecule has 19 heavy (non-hydrogen) atoms. The summed E-state index contributed by atoms with van der Waals surface area (Å²) >= 11 is 0. The molecular formula is C15H20FNO2. The highest BCUT2D eigenvalue weighted by Gasteiger charge is 2.20. The van der Waals surface area contributed by atoms with E-state index in [9.17, 15) is 9.18 Å². The first kappa shape index (κ1) is 13.8. The molecule has 1 N–H and O–H groups in total. The van der Waals surface area contributed by atoms with E-state index in [1.807, 2.05) is 6.92 Å². The first-order chi connectivity index (χ1) is 9.08. The predicted molar refractivity (Wildman–Crippen MR) is 73.2 cm³/mol. The summed E-state index contributed by atoms with van der Waals surface area (Å²) < 4.78 is 14.1. The number of nitrogens with zero attached hydrogens (tertiary/aromatic N) is 1. The van der Waals surface area contributed by atoms with Crippen LogP contribution in [-0.2, 0) is 11.2 Å². The number of fused-ring (bicyclic) bond motifs is 1. The van der Waals surface area contributed by atoms with Crippen molar-refractivity contribution in [3.05, 3.63) is 29.1 Å². The summed E-state index contributed by atoms with van der Waals surface area (Å²) in [5.41, 5.74) is 2.78. The van der Waals surface area contributed by atoms with Crippen LogP contribution < -0.4 is 4.90 Å². The van der Waals surface area contributed by atoms with Gasteiger partial charge in [-0.25, -0.2) is 4.39 Å². The highest BCUT2D eigenvalue weighted by molar-refractivity contribution is 5.66. The van der Waals surface area contributed by atoms with Crippen molar-refractivity contribution in [2.75, 3.05) is 18.0 Å². The van der Waals surface area contributed by atoms with Crippen molar-refractivity contribution < 1.29 is 14.3 Å². The van der Waals surface area contributed by atoms with E-state index in [2.05, 4.69) is 11.0 Å². The van der Waals surface area contributed by atoms with Gasteiger partial charge in [0.05, 0.1) is 5.69 Å². The summed E-state index contributed by atoms with van der Waals surface area (Å²) in [4.78, 5) is 12.5. The van der Waals surface area contributed by atoms with Gasteiger partial charge >= 0.3 is 5.97 Å². The molecule has 0 saturated carbocycles. The fraction of sp³-hybridized carbons (Fsp3) is 0.533. The Morgan fingerprint density at radius 3 is 2.95 bits per heavy atom. The molecule has 0 atom stereocenters. The summed E-state index contributed by atoms with van der Waals surface area (Å²) in [6.07, 6.45) is 3.60. The number of hydrogen-bond acceptors (Lipinski definition) is 2. The zero-order valence-corrected chi connectivity index (χ0v) is 11.3. The SMILES string of the molecule is Cc1cc(F)c2c(c1)CCCN2CCCCC(=O)O. The van der Waals surface area contributed by atoms with Crippen molar-refractivity contribution in [3.63, 3.8) is 0 Å². The molecule has 0 unspecified atom stereocenters. The van der Waals surface area contributed by atoms with Gasteiger partial charge < -0.3 is 10.0 Å². The third-order valence-corrected chi connectivity index (χ3v) is 3.55. The van der Waals surface area contributed by atoms with Crippen molar-refractivity contribution in [3.8, 4) is 0 Å². The number of halogens is 1. The Morgan fingerprint density at radius 1 is 1.42 bits per heavy atom. The van der Waals surface area contributed by atoms with Crippen LogP contribution in [0.2, 0.25) is 0 Å². The molecule has 1 aliphatic rings. The van der Waals surface area contributed by atoms with Gasteiger partial charge in [-0.2, -0.15) is 0 Å². The summed E-state index contributed by atoms with van der Waals surface area (Å²) in [5.74, 6) is -0.909. The molecule has 0 amide bonds. The maximum atomic E-state index is 14.1. The Kier molecular flexibility index (Phi) is 4.40. The molecule has 2 rings (SSSR count). The largest absolute Gasteiger partial charge is 0.481 e. The van der Waals surface area contributed by atoms with Gasteiger partial charge in [0.25, 0.3) is 0 Å². The minimum atomic E-state index is -0.763. The van der Waals surface area contributed by atoms with Gasteiger partial charge in [-0.1, -0.05) is 6.07 Å². The number of aryl methyl sites for hydroxylation is 2.